The van der Waals surface area contributed by atoms with Gasteiger partial charge in [0.15, 0.2) is 11.5 Å². The van der Waals surface area contributed by atoms with E-state index in [4.69, 9.17) is 9.47 Å². The maximum absolute atomic E-state index is 12.3. The molecule has 7 nitrogen and oxygen atoms in total. The highest BCUT2D eigenvalue weighted by Crippen LogP contribution is 2.30. The fraction of sp³-hybridized carbons (Fsp3) is 0.235. The number of rotatable bonds is 4. The summed E-state index contributed by atoms with van der Waals surface area (Å²) in [5, 5.41) is 13.8. The van der Waals surface area contributed by atoms with Crippen molar-refractivity contribution >= 4 is 11.6 Å². The maximum Gasteiger partial charge on any atom is 0.285 e. The van der Waals surface area contributed by atoms with Crippen molar-refractivity contribution in [3.05, 3.63) is 63.7 Å². The molecule has 0 saturated heterocycles. The summed E-state index contributed by atoms with van der Waals surface area (Å²) >= 11 is 0. The van der Waals surface area contributed by atoms with E-state index in [1.807, 2.05) is 12.1 Å². The normalized spacial score (nSPS) is 15.6. The van der Waals surface area contributed by atoms with E-state index < -0.39 is 10.8 Å². The van der Waals surface area contributed by atoms with Crippen molar-refractivity contribution in [1.29, 1.82) is 0 Å². The second-order valence-electron chi connectivity index (χ2n) is 5.44. The minimum absolute atomic E-state index is 0.0390. The molecule has 1 aliphatic heterocycles. The number of aryl methyl sites for hydroxylation is 1. The summed E-state index contributed by atoms with van der Waals surface area (Å²) in [5.74, 6) is 0.770. The highest BCUT2D eigenvalue weighted by atomic mass is 16.6. The van der Waals surface area contributed by atoms with Crippen LogP contribution in [0.25, 0.3) is 0 Å². The molecule has 2 aromatic carbocycles. The maximum atomic E-state index is 12.3. The van der Waals surface area contributed by atoms with E-state index in [1.165, 1.54) is 6.07 Å². The molecule has 0 unspecified atom stereocenters. The van der Waals surface area contributed by atoms with Crippen LogP contribution in [0.15, 0.2) is 42.5 Å². The van der Waals surface area contributed by atoms with Crippen molar-refractivity contribution in [2.24, 2.45) is 0 Å². The number of carbonyl (C=O) groups excluding carboxylic acids is 1. The van der Waals surface area contributed by atoms with Gasteiger partial charge in [-0.1, -0.05) is 24.3 Å². The lowest BCUT2D eigenvalue weighted by atomic mass is 10.1. The number of nitro groups is 1. The van der Waals surface area contributed by atoms with Gasteiger partial charge in [-0.05, 0) is 25.1 Å². The molecule has 7 heteroatoms. The van der Waals surface area contributed by atoms with E-state index >= 15 is 0 Å². The van der Waals surface area contributed by atoms with Gasteiger partial charge in [-0.3, -0.25) is 14.9 Å². The predicted octanol–water partition coefficient (Wildman–Crippen LogP) is 2.47. The van der Waals surface area contributed by atoms with Crippen LogP contribution in [-0.2, 0) is 0 Å². The molecule has 3 rings (SSSR count). The first-order valence-electron chi connectivity index (χ1n) is 7.47. The van der Waals surface area contributed by atoms with E-state index in [0.29, 0.717) is 23.7 Å². The number of ether oxygens (including phenoxy) is 2. The summed E-state index contributed by atoms with van der Waals surface area (Å²) in [6, 6.07) is 11.9. The first kappa shape index (κ1) is 15.8. The summed E-state index contributed by atoms with van der Waals surface area (Å²) in [6.07, 6.45) is -0.354. The molecule has 2 aromatic rings. The molecule has 0 saturated carbocycles. The highest BCUT2D eigenvalue weighted by Gasteiger charge is 2.25. The quantitative estimate of drug-likeness (QED) is 0.688. The monoisotopic (exact) mass is 328 g/mol. The van der Waals surface area contributed by atoms with Crippen molar-refractivity contribution in [3.8, 4) is 11.5 Å². The molecule has 24 heavy (non-hydrogen) atoms. The van der Waals surface area contributed by atoms with Crippen LogP contribution in [0, 0.1) is 17.0 Å². The average Bonchev–Trinajstić information content (AvgIpc) is 2.59. The van der Waals surface area contributed by atoms with Crippen LogP contribution in [0.2, 0.25) is 0 Å². The molecule has 0 spiro atoms. The van der Waals surface area contributed by atoms with Gasteiger partial charge in [0.25, 0.3) is 11.6 Å². The highest BCUT2D eigenvalue weighted by molar-refractivity contribution is 5.98. The summed E-state index contributed by atoms with van der Waals surface area (Å²) in [6.45, 7) is 2.09. The van der Waals surface area contributed by atoms with Crippen LogP contribution >= 0.6 is 0 Å². The number of para-hydroxylation sites is 3. The van der Waals surface area contributed by atoms with Crippen molar-refractivity contribution in [2.45, 2.75) is 13.0 Å². The molecule has 1 N–H and O–H groups in total. The van der Waals surface area contributed by atoms with Crippen LogP contribution in [0.3, 0.4) is 0 Å². The minimum Gasteiger partial charge on any atom is -0.486 e. The molecule has 0 aliphatic carbocycles. The Balaban J connectivity index is 1.67. The van der Waals surface area contributed by atoms with Crippen LogP contribution in [0.1, 0.15) is 15.9 Å². The van der Waals surface area contributed by atoms with Gasteiger partial charge in [0.05, 0.1) is 11.5 Å². The topological polar surface area (TPSA) is 90.7 Å². The molecule has 0 radical (unpaired) electrons. The van der Waals surface area contributed by atoms with Crippen LogP contribution < -0.4 is 14.8 Å². The third-order valence-corrected chi connectivity index (χ3v) is 3.72. The van der Waals surface area contributed by atoms with E-state index in [9.17, 15) is 14.9 Å². The number of nitrogens with one attached hydrogen (secondary N) is 1. The second-order valence-corrected chi connectivity index (χ2v) is 5.44. The molecule has 0 bridgehead atoms. The molecule has 0 fully saturated rings. The molecule has 1 aliphatic rings. The van der Waals surface area contributed by atoms with Crippen molar-refractivity contribution in [3.63, 3.8) is 0 Å². The Labute approximate surface area is 138 Å². The molecule has 124 valence electrons. The lowest BCUT2D eigenvalue weighted by Crippen LogP contribution is -2.40. The average molecular weight is 328 g/mol. The molecule has 1 amide bonds. The predicted molar refractivity (Wildman–Crippen MR) is 86.5 cm³/mol. The zero-order chi connectivity index (χ0) is 17.1. The first-order valence-corrected chi connectivity index (χ1v) is 7.47. The summed E-state index contributed by atoms with van der Waals surface area (Å²) in [7, 11) is 0. The third-order valence-electron chi connectivity index (χ3n) is 3.72. The van der Waals surface area contributed by atoms with Gasteiger partial charge in [0, 0.05) is 5.56 Å². The standard InChI is InChI=1S/C17H16N2O5/c1-11-5-4-6-13(16(11)19(21)22)17(20)18-9-12-10-23-14-7-2-3-8-15(14)24-12/h2-8,12H,9-10H2,1H3,(H,18,20)/t12-/m0/s1. The Bertz CT molecular complexity index is 790. The van der Waals surface area contributed by atoms with Gasteiger partial charge in [0.1, 0.15) is 18.3 Å². The lowest BCUT2D eigenvalue weighted by Gasteiger charge is -2.26. The fourth-order valence-electron chi connectivity index (χ4n) is 2.55. The zero-order valence-corrected chi connectivity index (χ0v) is 13.0. The van der Waals surface area contributed by atoms with E-state index in [-0.39, 0.29) is 23.9 Å². The van der Waals surface area contributed by atoms with Gasteiger partial charge in [0.2, 0.25) is 0 Å². The number of carbonyl (C=O) groups is 1. The molecule has 1 atom stereocenters. The molecule has 0 aromatic heterocycles. The number of fused-ring (bicyclic) bond motifs is 1. The van der Waals surface area contributed by atoms with Gasteiger partial charge in [-0.25, -0.2) is 0 Å². The number of amides is 1. The smallest absolute Gasteiger partial charge is 0.285 e. The first-order chi connectivity index (χ1) is 11.6. The summed E-state index contributed by atoms with van der Waals surface area (Å²) in [4.78, 5) is 22.9. The zero-order valence-electron chi connectivity index (χ0n) is 13.0. The number of nitro benzene ring substituents is 1. The van der Waals surface area contributed by atoms with Gasteiger partial charge in [-0.15, -0.1) is 0 Å². The number of hydrogen-bond donors (Lipinski definition) is 1. The molecular formula is C17H16N2O5. The van der Waals surface area contributed by atoms with Crippen LogP contribution in [0.4, 0.5) is 5.69 Å². The number of nitrogens with zero attached hydrogens (tertiary/aromatic N) is 1. The Kier molecular flexibility index (Phi) is 4.33. The van der Waals surface area contributed by atoms with Gasteiger partial charge in [-0.2, -0.15) is 0 Å². The Morgan fingerprint density at radius 2 is 2.00 bits per heavy atom. The second kappa shape index (κ2) is 6.57. The molecular weight excluding hydrogens is 312 g/mol. The van der Waals surface area contributed by atoms with Crippen LogP contribution in [-0.4, -0.2) is 30.1 Å². The minimum atomic E-state index is -0.541. The Hall–Kier alpha value is -3.09. The Morgan fingerprint density at radius 1 is 1.25 bits per heavy atom. The molecule has 1 heterocycles. The van der Waals surface area contributed by atoms with E-state index in [0.717, 1.165) is 0 Å². The van der Waals surface area contributed by atoms with Gasteiger partial charge < -0.3 is 14.8 Å². The van der Waals surface area contributed by atoms with Crippen molar-refractivity contribution in [2.75, 3.05) is 13.2 Å². The SMILES string of the molecule is Cc1cccc(C(=O)NC[C@H]2COc3ccccc3O2)c1[N+](=O)[O-]. The van der Waals surface area contributed by atoms with Crippen LogP contribution in [0.5, 0.6) is 11.5 Å². The van der Waals surface area contributed by atoms with Crippen molar-refractivity contribution < 1.29 is 19.2 Å². The Morgan fingerprint density at radius 3 is 2.75 bits per heavy atom. The van der Waals surface area contributed by atoms with E-state index in [1.54, 1.807) is 31.2 Å². The van der Waals surface area contributed by atoms with Gasteiger partial charge >= 0.3 is 0 Å². The summed E-state index contributed by atoms with van der Waals surface area (Å²) < 4.78 is 11.3. The summed E-state index contributed by atoms with van der Waals surface area (Å²) in [5.41, 5.74) is 0.303. The van der Waals surface area contributed by atoms with E-state index in [2.05, 4.69) is 5.32 Å². The fourth-order valence-corrected chi connectivity index (χ4v) is 2.55. The number of hydrogen-bond acceptors (Lipinski definition) is 5. The third kappa shape index (κ3) is 3.15. The largest absolute Gasteiger partial charge is 0.486 e. The number of benzene rings is 2. The lowest BCUT2D eigenvalue weighted by molar-refractivity contribution is -0.385. The van der Waals surface area contributed by atoms with Crippen molar-refractivity contribution in [1.82, 2.24) is 5.32 Å².